The zero-order valence-corrected chi connectivity index (χ0v) is 20.2. The van der Waals surface area contributed by atoms with Gasteiger partial charge in [0.25, 0.3) is 0 Å². The van der Waals surface area contributed by atoms with Gasteiger partial charge in [-0.25, -0.2) is 4.39 Å². The second kappa shape index (κ2) is 11.4. The lowest BCUT2D eigenvalue weighted by Crippen LogP contribution is -2.31. The van der Waals surface area contributed by atoms with Crippen LogP contribution in [0, 0.1) is 11.7 Å². The van der Waals surface area contributed by atoms with E-state index in [0.29, 0.717) is 38.1 Å². The molecule has 2 aromatic rings. The van der Waals surface area contributed by atoms with Crippen LogP contribution in [0.1, 0.15) is 60.5 Å². The van der Waals surface area contributed by atoms with Crippen molar-refractivity contribution in [1.82, 2.24) is 4.90 Å². The molecular weight excluding hydrogens is 507 g/mol. The molecule has 0 spiro atoms. The molecule has 1 saturated carbocycles. The quantitative estimate of drug-likeness (QED) is 0.355. The zero-order valence-electron chi connectivity index (χ0n) is 20.2. The van der Waals surface area contributed by atoms with Gasteiger partial charge in [0.05, 0.1) is 29.8 Å². The van der Waals surface area contributed by atoms with Gasteiger partial charge in [-0.1, -0.05) is 12.1 Å². The van der Waals surface area contributed by atoms with E-state index in [1.807, 2.05) is 4.90 Å². The van der Waals surface area contributed by atoms with Crippen LogP contribution in [0.25, 0.3) is 0 Å². The maximum atomic E-state index is 13.6. The first kappa shape index (κ1) is 28.9. The molecule has 4 atom stereocenters. The summed E-state index contributed by atoms with van der Waals surface area (Å²) in [6, 6.07) is 7.14. The van der Waals surface area contributed by atoms with E-state index < -0.39 is 47.5 Å². The highest BCUT2D eigenvalue weighted by Crippen LogP contribution is 2.45. The Bertz CT molecular complexity index is 1040. The van der Waals surface area contributed by atoms with Gasteiger partial charge in [0.1, 0.15) is 5.82 Å². The fourth-order valence-corrected chi connectivity index (χ4v) is 4.90. The van der Waals surface area contributed by atoms with Crippen LogP contribution in [0.2, 0.25) is 0 Å². The van der Waals surface area contributed by atoms with Crippen molar-refractivity contribution in [1.29, 1.82) is 0 Å². The molecule has 0 aliphatic heterocycles. The van der Waals surface area contributed by atoms with Crippen LogP contribution in [0.3, 0.4) is 0 Å². The Balaban J connectivity index is 1.87. The molecular formula is C26H28F7NO3. The summed E-state index contributed by atoms with van der Waals surface area (Å²) in [6.07, 6.45) is -10.5. The molecule has 1 N–H and O–H groups in total. The number of hydrogen-bond acceptors (Lipinski definition) is 3. The number of carboxylic acid groups (broad SMARTS) is 1. The highest BCUT2D eigenvalue weighted by molar-refractivity contribution is 5.66. The second-order valence-electron chi connectivity index (χ2n) is 9.48. The minimum atomic E-state index is -4.97. The summed E-state index contributed by atoms with van der Waals surface area (Å²) in [6.45, 7) is 2.20. The summed E-state index contributed by atoms with van der Waals surface area (Å²) < 4.78 is 99.6. The van der Waals surface area contributed by atoms with Gasteiger partial charge in [-0.15, -0.1) is 0 Å². The monoisotopic (exact) mass is 535 g/mol. The Morgan fingerprint density at radius 1 is 1.03 bits per heavy atom. The molecule has 37 heavy (non-hydrogen) atoms. The number of halogens is 7. The summed E-state index contributed by atoms with van der Waals surface area (Å²) in [5.41, 5.74) is -2.34. The van der Waals surface area contributed by atoms with Crippen LogP contribution < -0.4 is 0 Å². The van der Waals surface area contributed by atoms with E-state index in [1.54, 1.807) is 19.2 Å². The summed E-state index contributed by atoms with van der Waals surface area (Å²) >= 11 is 0. The van der Waals surface area contributed by atoms with Crippen LogP contribution in [0.15, 0.2) is 42.5 Å². The van der Waals surface area contributed by atoms with Gasteiger partial charge in [0.15, 0.2) is 0 Å². The third-order valence-corrected chi connectivity index (χ3v) is 6.70. The predicted molar refractivity (Wildman–Crippen MR) is 121 cm³/mol. The van der Waals surface area contributed by atoms with Crippen LogP contribution in [-0.4, -0.2) is 42.2 Å². The van der Waals surface area contributed by atoms with Crippen LogP contribution >= 0.6 is 0 Å². The zero-order chi connectivity index (χ0) is 27.5. The van der Waals surface area contributed by atoms with Crippen molar-refractivity contribution in [3.05, 3.63) is 70.5 Å². The van der Waals surface area contributed by atoms with Crippen molar-refractivity contribution < 1.29 is 45.4 Å². The van der Waals surface area contributed by atoms with Gasteiger partial charge in [-0.2, -0.15) is 26.3 Å². The molecule has 1 fully saturated rings. The average Bonchev–Trinajstić information content (AvgIpc) is 3.18. The number of alkyl halides is 6. The lowest BCUT2D eigenvalue weighted by Gasteiger charge is -2.30. The minimum Gasteiger partial charge on any atom is -0.481 e. The number of carbonyl (C=O) groups is 1. The van der Waals surface area contributed by atoms with Crippen LogP contribution in [0.5, 0.6) is 0 Å². The fourth-order valence-electron chi connectivity index (χ4n) is 4.90. The fraction of sp³-hybridized carbons (Fsp3) is 0.500. The maximum Gasteiger partial charge on any atom is 0.416 e. The number of nitrogens with zero attached hydrogens (tertiary/aromatic N) is 1. The van der Waals surface area contributed by atoms with Gasteiger partial charge in [0, 0.05) is 19.0 Å². The normalized spacial score (nSPS) is 21.4. The van der Waals surface area contributed by atoms with Crippen molar-refractivity contribution in [2.24, 2.45) is 5.92 Å². The van der Waals surface area contributed by atoms with Gasteiger partial charge >= 0.3 is 18.3 Å². The predicted octanol–water partition coefficient (Wildman–Crippen LogP) is 6.91. The molecule has 0 heterocycles. The molecule has 3 rings (SSSR count). The molecule has 11 heteroatoms. The molecule has 0 amide bonds. The Labute approximate surface area is 210 Å². The molecule has 0 aromatic heterocycles. The van der Waals surface area contributed by atoms with Crippen molar-refractivity contribution in [3.63, 3.8) is 0 Å². The number of ether oxygens (including phenoxy) is 1. The van der Waals surface area contributed by atoms with Crippen LogP contribution in [-0.2, 0) is 21.9 Å². The van der Waals surface area contributed by atoms with E-state index in [9.17, 15) is 35.5 Å². The molecule has 2 aromatic carbocycles. The number of carboxylic acids is 1. The average molecular weight is 536 g/mol. The smallest absolute Gasteiger partial charge is 0.416 e. The summed E-state index contributed by atoms with van der Waals surface area (Å²) in [4.78, 5) is 12.8. The maximum absolute atomic E-state index is 13.6. The molecule has 0 radical (unpaired) electrons. The first-order valence-corrected chi connectivity index (χ1v) is 11.8. The molecule has 4 nitrogen and oxygen atoms in total. The molecule has 1 aliphatic carbocycles. The van der Waals surface area contributed by atoms with Crippen molar-refractivity contribution in [2.75, 3.05) is 20.1 Å². The lowest BCUT2D eigenvalue weighted by atomic mass is 9.87. The van der Waals surface area contributed by atoms with E-state index in [0.717, 1.165) is 5.56 Å². The highest BCUT2D eigenvalue weighted by atomic mass is 19.4. The van der Waals surface area contributed by atoms with Gasteiger partial charge in [0.2, 0.25) is 0 Å². The standard InChI is InChI=1S/C26H28F7NO3/c1-15(18-11-19(25(28,29)30)13-20(12-18)26(31,32)33)37-22-8-5-17(14-34(2)10-9-23(35)36)24(22)16-3-6-21(27)7-4-16/h3-4,6-7,11-13,15,17,22,24H,5,8-10,14H2,1-2H3,(H,35,36)/t15-,17+,22+,24+/m1/s1. The largest absolute Gasteiger partial charge is 0.481 e. The SMILES string of the molecule is C[C@@H](O[C@H]1CC[C@@H](CN(C)CCC(=O)O)[C@@H]1c1ccc(F)cc1)c1cc(C(F)(F)F)cc(C(F)(F)F)c1. The molecule has 1 aliphatic rings. The third kappa shape index (κ3) is 7.67. The first-order chi connectivity index (χ1) is 17.1. The Hall–Kier alpha value is -2.66. The summed E-state index contributed by atoms with van der Waals surface area (Å²) in [5, 5.41) is 8.95. The number of rotatable bonds is 9. The van der Waals surface area contributed by atoms with Gasteiger partial charge < -0.3 is 14.7 Å². The van der Waals surface area contributed by atoms with E-state index in [-0.39, 0.29) is 29.9 Å². The summed E-state index contributed by atoms with van der Waals surface area (Å²) in [7, 11) is 1.77. The Morgan fingerprint density at radius 2 is 1.59 bits per heavy atom. The Kier molecular flexibility index (Phi) is 8.89. The molecule has 0 saturated heterocycles. The third-order valence-electron chi connectivity index (χ3n) is 6.70. The second-order valence-corrected chi connectivity index (χ2v) is 9.48. The topological polar surface area (TPSA) is 49.8 Å². The summed E-state index contributed by atoms with van der Waals surface area (Å²) in [5.74, 6) is -1.76. The van der Waals surface area contributed by atoms with E-state index in [4.69, 9.17) is 9.84 Å². The van der Waals surface area contributed by atoms with Gasteiger partial charge in [-0.05, 0) is 74.2 Å². The molecule has 204 valence electrons. The molecule has 0 bridgehead atoms. The van der Waals surface area contributed by atoms with Crippen molar-refractivity contribution in [3.8, 4) is 0 Å². The van der Waals surface area contributed by atoms with Crippen molar-refractivity contribution >= 4 is 5.97 Å². The van der Waals surface area contributed by atoms with Crippen molar-refractivity contribution in [2.45, 2.75) is 56.7 Å². The number of hydrogen-bond donors (Lipinski definition) is 1. The molecule has 0 unspecified atom stereocenters. The Morgan fingerprint density at radius 3 is 2.11 bits per heavy atom. The van der Waals surface area contributed by atoms with E-state index in [2.05, 4.69) is 0 Å². The lowest BCUT2D eigenvalue weighted by molar-refractivity contribution is -0.143. The minimum absolute atomic E-state index is 0.0475. The number of aliphatic carboxylic acids is 1. The van der Waals surface area contributed by atoms with Crippen LogP contribution in [0.4, 0.5) is 30.7 Å². The number of benzene rings is 2. The highest BCUT2D eigenvalue weighted by Gasteiger charge is 2.41. The van der Waals surface area contributed by atoms with E-state index in [1.165, 1.54) is 19.1 Å². The first-order valence-electron chi connectivity index (χ1n) is 11.8. The van der Waals surface area contributed by atoms with E-state index >= 15 is 0 Å². The van der Waals surface area contributed by atoms with Gasteiger partial charge in [-0.3, -0.25) is 4.79 Å².